The van der Waals surface area contributed by atoms with Crippen molar-refractivity contribution in [2.45, 2.75) is 6.92 Å². The van der Waals surface area contributed by atoms with Crippen LogP contribution in [0.25, 0.3) is 0 Å². The standard InChI is InChI=1S/C10H11ClFNO2.C10H10FNO2.C6H6FN.C4H5ClO2.C2H3N.CH2O3.2Cs.H/c11-4-5-15-7-10(14)13-9-3-1-2-8(12)6-9;11-8-2-1-3-9(6-8)12-4-5-14-7-10(12)13;7-5-2-1-3-6(8)4-5;5-4-3-6-1-2-7-4;1-2-3;2-1-4-3;;;/h1-3,6H,4-5,7H2,(H,13,14);1-3,6H,4-5,7H2;1-4H,8H2;3H,1-2H2;1H3;1,3H;;;/q;;;;;;2*+1;-1/p-1. The summed E-state index contributed by atoms with van der Waals surface area (Å²) < 4.78 is 57.1. The van der Waals surface area contributed by atoms with Gasteiger partial charge in [0.2, 0.25) is 11.1 Å². The molecule has 0 atom stereocenters. The van der Waals surface area contributed by atoms with Crippen LogP contribution >= 0.6 is 23.2 Å². The number of hydrogen-bond acceptors (Lipinski definition) is 11. The Balaban J connectivity index is -0.000000295. The van der Waals surface area contributed by atoms with E-state index in [0.717, 1.165) is 0 Å². The molecule has 20 heteroatoms. The smallest absolute Gasteiger partial charge is 1.00 e. The van der Waals surface area contributed by atoms with Crippen molar-refractivity contribution in [3.63, 3.8) is 0 Å². The molecule has 5 rings (SSSR count). The number of benzene rings is 3. The van der Waals surface area contributed by atoms with Crippen LogP contribution in [0, 0.1) is 28.8 Å². The number of nitrogens with two attached hydrogens (primary N) is 1. The average Bonchev–Trinajstić information content (AvgIpc) is 3.10. The molecule has 0 aromatic heterocycles. The Kier molecular flexibility index (Phi) is 40.4. The molecular formula is C33H37Cl2Cs2F3N4O9. The van der Waals surface area contributed by atoms with E-state index in [9.17, 15) is 22.8 Å². The third kappa shape index (κ3) is 31.9. The number of nitrogen functional groups attached to an aromatic ring is 1. The van der Waals surface area contributed by atoms with E-state index in [1.165, 1.54) is 60.6 Å². The van der Waals surface area contributed by atoms with Crippen LogP contribution < -0.4 is 159 Å². The number of nitrogens with one attached hydrogen (secondary N) is 1. The van der Waals surface area contributed by atoms with Crippen molar-refractivity contribution in [2.24, 2.45) is 0 Å². The van der Waals surface area contributed by atoms with Gasteiger partial charge >= 0.3 is 138 Å². The van der Waals surface area contributed by atoms with Gasteiger partial charge in [-0.3, -0.25) is 14.4 Å². The van der Waals surface area contributed by atoms with Gasteiger partial charge in [-0.2, -0.15) is 5.26 Å². The van der Waals surface area contributed by atoms with Gasteiger partial charge < -0.3 is 46.5 Å². The predicted octanol–water partition coefficient (Wildman–Crippen LogP) is -1.23. The minimum absolute atomic E-state index is 0. The van der Waals surface area contributed by atoms with Crippen molar-refractivity contribution < 1.29 is 196 Å². The molecule has 0 aliphatic carbocycles. The molecule has 53 heavy (non-hydrogen) atoms. The zero-order valence-corrected chi connectivity index (χ0v) is 43.3. The topological polar surface area (TPSA) is 186 Å². The number of carbonyl (C=O) groups excluding carboxylic acids is 3. The van der Waals surface area contributed by atoms with Crippen LogP contribution in [0.3, 0.4) is 0 Å². The Morgan fingerprint density at radius 1 is 1.06 bits per heavy atom. The number of nitriles is 1. The molecule has 3 aromatic rings. The fraction of sp³-hybridized carbons (Fsp3) is 0.273. The summed E-state index contributed by atoms with van der Waals surface area (Å²) >= 11 is 10.7. The second kappa shape index (κ2) is 38.0. The summed E-state index contributed by atoms with van der Waals surface area (Å²) in [5.74, 6) is -1.12. The average molecular weight is 1030 g/mol. The first-order chi connectivity index (χ1) is 24.5. The number of anilines is 3. The summed E-state index contributed by atoms with van der Waals surface area (Å²) in [6.07, 6.45) is 1.39. The maximum absolute atomic E-state index is 12.9. The number of rotatable bonds is 7. The molecule has 13 nitrogen and oxygen atoms in total. The number of morpholine rings is 1. The molecular weight excluding hydrogens is 990 g/mol. The van der Waals surface area contributed by atoms with Crippen molar-refractivity contribution in [3.8, 4) is 6.07 Å². The Labute approximate surface area is 434 Å². The molecule has 0 saturated carbocycles. The zero-order valence-electron chi connectivity index (χ0n) is 30.3. The number of alkyl halides is 1. The van der Waals surface area contributed by atoms with Crippen molar-refractivity contribution in [1.29, 1.82) is 5.26 Å². The Bertz CT molecular complexity index is 1520. The minimum atomic E-state index is -0.394. The summed E-state index contributed by atoms with van der Waals surface area (Å²) in [6, 6.07) is 19.3. The molecule has 2 aliphatic rings. The van der Waals surface area contributed by atoms with Crippen LogP contribution in [-0.4, -0.2) is 70.4 Å². The summed E-state index contributed by atoms with van der Waals surface area (Å²) in [6.45, 7) is 3.73. The molecule has 2 amide bonds. The molecule has 0 radical (unpaired) electrons. The van der Waals surface area contributed by atoms with E-state index < -0.39 is 5.82 Å². The number of halogens is 5. The number of hydrogen-bond donors (Lipinski definition) is 2. The van der Waals surface area contributed by atoms with Gasteiger partial charge in [-0.05, 0) is 66.2 Å². The van der Waals surface area contributed by atoms with Crippen molar-refractivity contribution in [2.75, 3.05) is 68.0 Å². The van der Waals surface area contributed by atoms with E-state index in [-0.39, 0.29) is 182 Å². The second-order valence-electron chi connectivity index (χ2n) is 8.99. The normalized spacial score (nSPS) is 11.8. The van der Waals surface area contributed by atoms with E-state index in [4.69, 9.17) is 63.2 Å². The van der Waals surface area contributed by atoms with Crippen LogP contribution in [0.1, 0.15) is 8.35 Å². The predicted molar refractivity (Wildman–Crippen MR) is 182 cm³/mol. The van der Waals surface area contributed by atoms with E-state index in [2.05, 4.69) is 10.2 Å². The first-order valence-corrected chi connectivity index (χ1v) is 15.4. The van der Waals surface area contributed by atoms with E-state index >= 15 is 0 Å². The van der Waals surface area contributed by atoms with Crippen molar-refractivity contribution >= 4 is 58.6 Å². The second-order valence-corrected chi connectivity index (χ2v) is 9.74. The first kappa shape index (κ1) is 56.4. The Hall–Kier alpha value is -0.946. The summed E-state index contributed by atoms with van der Waals surface area (Å²) in [5.41, 5.74) is 6.69. The van der Waals surface area contributed by atoms with E-state index in [1.807, 2.05) is 0 Å². The monoisotopic (exact) mass is 1030 g/mol. The van der Waals surface area contributed by atoms with Gasteiger partial charge in [-0.15, -0.1) is 11.6 Å². The van der Waals surface area contributed by atoms with Gasteiger partial charge in [0.25, 0.3) is 12.4 Å². The maximum Gasteiger partial charge on any atom is 1.00 e. The van der Waals surface area contributed by atoms with E-state index in [1.54, 1.807) is 36.4 Å². The van der Waals surface area contributed by atoms with Crippen molar-refractivity contribution in [1.82, 2.24) is 0 Å². The Morgan fingerprint density at radius 3 is 2.08 bits per heavy atom. The number of carbonyl (C=O) groups is 3. The molecule has 1 saturated heterocycles. The van der Waals surface area contributed by atoms with Gasteiger partial charge in [0.15, 0.2) is 0 Å². The first-order valence-electron chi connectivity index (χ1n) is 14.5. The number of nitrogens with zero attached hydrogens (tertiary/aromatic N) is 2. The molecule has 3 N–H and O–H groups in total. The van der Waals surface area contributed by atoms with Crippen LogP contribution in [-0.2, 0) is 38.2 Å². The Morgan fingerprint density at radius 2 is 1.64 bits per heavy atom. The van der Waals surface area contributed by atoms with Crippen LogP contribution in [0.2, 0.25) is 0 Å². The SMILES string of the molecule is CC#N.ClC1=COCCO1.Nc1cccc(F)c1.O=C(COCCCl)Nc1cccc(F)c1.O=C1COCCN1c1cccc(F)c1.O=CO[O-].[Cs+].[Cs+].[H-]. The third-order valence-corrected chi connectivity index (χ3v) is 5.53. The summed E-state index contributed by atoms with van der Waals surface area (Å²) in [5, 5.41) is 18.6. The third-order valence-electron chi connectivity index (χ3n) is 5.17. The van der Waals surface area contributed by atoms with Gasteiger partial charge in [0.05, 0.1) is 19.3 Å². The molecule has 3 aromatic carbocycles. The molecule has 2 heterocycles. The van der Waals surface area contributed by atoms with Crippen LogP contribution in [0.5, 0.6) is 0 Å². The van der Waals surface area contributed by atoms with Crippen LogP contribution in [0.15, 0.2) is 84.3 Å². The van der Waals surface area contributed by atoms with Crippen LogP contribution in [0.4, 0.5) is 30.2 Å². The molecule has 1 fully saturated rings. The molecule has 2 aliphatic heterocycles. The molecule has 0 unspecified atom stereocenters. The number of amides is 2. The molecule has 0 bridgehead atoms. The maximum atomic E-state index is 12.9. The number of ether oxygens (including phenoxy) is 4. The fourth-order valence-corrected chi connectivity index (χ4v) is 3.52. The summed E-state index contributed by atoms with van der Waals surface area (Å²) in [7, 11) is 0. The largest absolute Gasteiger partial charge is 1.00 e. The van der Waals surface area contributed by atoms with Gasteiger partial charge in [-0.1, -0.05) is 18.2 Å². The molecule has 280 valence electrons. The fourth-order valence-electron chi connectivity index (χ4n) is 3.27. The quantitative estimate of drug-likeness (QED) is 0.0722. The minimum Gasteiger partial charge on any atom is -1.00 e. The van der Waals surface area contributed by atoms with E-state index in [0.29, 0.717) is 61.1 Å². The molecule has 0 spiro atoms. The van der Waals surface area contributed by atoms with Crippen molar-refractivity contribution in [3.05, 3.63) is 102 Å². The van der Waals surface area contributed by atoms with Gasteiger partial charge in [0, 0.05) is 36.4 Å². The summed E-state index contributed by atoms with van der Waals surface area (Å²) in [4.78, 5) is 35.4. The van der Waals surface area contributed by atoms with Gasteiger partial charge in [-0.25, -0.2) is 13.2 Å². The van der Waals surface area contributed by atoms with Gasteiger partial charge in [0.1, 0.15) is 50.1 Å². The zero-order chi connectivity index (χ0) is 38.3.